The summed E-state index contributed by atoms with van der Waals surface area (Å²) in [6, 6.07) is 10.7. The van der Waals surface area contributed by atoms with Crippen molar-refractivity contribution in [1.29, 1.82) is 0 Å². The molecular formula is C16H16BrNO3. The maximum Gasteiger partial charge on any atom is 0.338 e. The van der Waals surface area contributed by atoms with Crippen LogP contribution in [0.25, 0.3) is 0 Å². The molecule has 0 fully saturated rings. The first-order valence-corrected chi connectivity index (χ1v) is 7.16. The topological polar surface area (TPSA) is 61.5 Å². The monoisotopic (exact) mass is 349 g/mol. The first-order chi connectivity index (χ1) is 10.0. The lowest BCUT2D eigenvalue weighted by molar-refractivity contribution is 0.0472. The summed E-state index contributed by atoms with van der Waals surface area (Å²) in [4.78, 5) is 12.1. The minimum atomic E-state index is -0.362. The highest BCUT2D eigenvalue weighted by molar-refractivity contribution is 9.10. The molecule has 0 bridgehead atoms. The van der Waals surface area contributed by atoms with Gasteiger partial charge in [-0.2, -0.15) is 0 Å². The number of ether oxygens (including phenoxy) is 2. The highest BCUT2D eigenvalue weighted by atomic mass is 79.9. The van der Waals surface area contributed by atoms with Crippen molar-refractivity contribution in [3.05, 3.63) is 57.6 Å². The fraction of sp³-hybridized carbons (Fsp3) is 0.188. The van der Waals surface area contributed by atoms with E-state index >= 15 is 0 Å². The number of rotatable bonds is 4. The number of methoxy groups -OCH3 is 1. The van der Waals surface area contributed by atoms with E-state index in [1.165, 1.54) is 0 Å². The Bertz CT molecular complexity index is 671. The normalized spacial score (nSPS) is 10.2. The molecule has 0 unspecified atom stereocenters. The molecule has 0 amide bonds. The number of halogens is 1. The zero-order chi connectivity index (χ0) is 15.4. The van der Waals surface area contributed by atoms with Crippen LogP contribution in [0.15, 0.2) is 40.9 Å². The van der Waals surface area contributed by atoms with Crippen LogP contribution in [0.4, 0.5) is 5.69 Å². The molecular weight excluding hydrogens is 334 g/mol. The molecule has 5 heteroatoms. The van der Waals surface area contributed by atoms with Crippen molar-refractivity contribution in [1.82, 2.24) is 0 Å². The Balaban J connectivity index is 2.05. The summed E-state index contributed by atoms with van der Waals surface area (Å²) in [7, 11) is 1.60. The van der Waals surface area contributed by atoms with Gasteiger partial charge in [0.25, 0.3) is 0 Å². The number of carbonyl (C=O) groups excluding carboxylic acids is 1. The minimum Gasteiger partial charge on any atom is -0.496 e. The minimum absolute atomic E-state index is 0.200. The Hall–Kier alpha value is -2.01. The lowest BCUT2D eigenvalue weighted by Crippen LogP contribution is -2.07. The molecule has 0 aliphatic heterocycles. The van der Waals surface area contributed by atoms with Crippen molar-refractivity contribution in [3.8, 4) is 5.75 Å². The molecule has 0 heterocycles. The molecule has 110 valence electrons. The predicted octanol–water partition coefficient (Wildman–Crippen LogP) is 3.71. The zero-order valence-electron chi connectivity index (χ0n) is 11.9. The van der Waals surface area contributed by atoms with E-state index < -0.39 is 0 Å². The van der Waals surface area contributed by atoms with Gasteiger partial charge in [-0.1, -0.05) is 6.07 Å². The maximum absolute atomic E-state index is 12.1. The number of anilines is 1. The summed E-state index contributed by atoms with van der Waals surface area (Å²) in [5, 5.41) is 0. The molecule has 0 aliphatic carbocycles. The number of nitrogens with two attached hydrogens (primary N) is 1. The molecule has 0 atom stereocenters. The summed E-state index contributed by atoms with van der Waals surface area (Å²) in [5.41, 5.74) is 8.50. The van der Waals surface area contributed by atoms with Crippen LogP contribution in [0.2, 0.25) is 0 Å². The fourth-order valence-electron chi connectivity index (χ4n) is 1.94. The van der Waals surface area contributed by atoms with Crippen LogP contribution in [0.3, 0.4) is 0 Å². The third-order valence-corrected chi connectivity index (χ3v) is 3.68. The van der Waals surface area contributed by atoms with Crippen LogP contribution in [-0.4, -0.2) is 13.1 Å². The Labute approximate surface area is 132 Å². The third-order valence-electron chi connectivity index (χ3n) is 3.06. The summed E-state index contributed by atoms with van der Waals surface area (Å²) in [6.07, 6.45) is 0. The molecule has 2 aromatic rings. The van der Waals surface area contributed by atoms with Crippen LogP contribution in [0.1, 0.15) is 21.5 Å². The van der Waals surface area contributed by atoms with Gasteiger partial charge in [0.1, 0.15) is 12.4 Å². The van der Waals surface area contributed by atoms with Gasteiger partial charge in [-0.3, -0.25) is 0 Å². The van der Waals surface area contributed by atoms with Gasteiger partial charge in [0.2, 0.25) is 0 Å². The summed E-state index contributed by atoms with van der Waals surface area (Å²) < 4.78 is 11.3. The molecule has 0 aromatic heterocycles. The van der Waals surface area contributed by atoms with E-state index in [0.717, 1.165) is 21.3 Å². The first-order valence-electron chi connectivity index (χ1n) is 6.37. The predicted molar refractivity (Wildman–Crippen MR) is 85.4 cm³/mol. The maximum atomic E-state index is 12.1. The number of esters is 1. The number of benzene rings is 2. The van der Waals surface area contributed by atoms with Crippen LogP contribution in [0, 0.1) is 6.92 Å². The van der Waals surface area contributed by atoms with Gasteiger partial charge in [-0.15, -0.1) is 0 Å². The van der Waals surface area contributed by atoms with Crippen molar-refractivity contribution in [2.45, 2.75) is 13.5 Å². The highest BCUT2D eigenvalue weighted by Gasteiger charge is 2.11. The summed E-state index contributed by atoms with van der Waals surface area (Å²) in [6.45, 7) is 2.03. The lowest BCUT2D eigenvalue weighted by Gasteiger charge is -2.09. The van der Waals surface area contributed by atoms with Crippen LogP contribution in [-0.2, 0) is 11.3 Å². The molecule has 0 aliphatic rings. The molecule has 2 rings (SSSR count). The Morgan fingerprint density at radius 1 is 1.24 bits per heavy atom. The Morgan fingerprint density at radius 3 is 2.62 bits per heavy atom. The van der Waals surface area contributed by atoms with Crippen LogP contribution < -0.4 is 10.5 Å². The van der Waals surface area contributed by atoms with Crippen molar-refractivity contribution in [2.75, 3.05) is 12.8 Å². The quantitative estimate of drug-likeness (QED) is 0.675. The molecule has 4 nitrogen and oxygen atoms in total. The summed E-state index contributed by atoms with van der Waals surface area (Å²) in [5.74, 6) is 0.374. The van der Waals surface area contributed by atoms with Gasteiger partial charge in [-0.05, 0) is 64.3 Å². The number of hydrogen-bond acceptors (Lipinski definition) is 4. The van der Waals surface area contributed by atoms with Crippen molar-refractivity contribution in [2.24, 2.45) is 0 Å². The standard InChI is InChI=1S/C16H16BrNO3/c1-10-7-12(18)4-5-13(10)16(19)21-9-11-3-6-15(20-2)14(17)8-11/h3-8H,9,18H2,1-2H3. The van der Waals surface area contributed by atoms with E-state index in [4.69, 9.17) is 15.2 Å². The second-order valence-corrected chi connectivity index (χ2v) is 5.47. The average Bonchev–Trinajstić information content (AvgIpc) is 2.45. The smallest absolute Gasteiger partial charge is 0.338 e. The highest BCUT2D eigenvalue weighted by Crippen LogP contribution is 2.26. The van der Waals surface area contributed by atoms with Crippen molar-refractivity contribution < 1.29 is 14.3 Å². The van der Waals surface area contributed by atoms with E-state index in [0.29, 0.717) is 11.3 Å². The molecule has 21 heavy (non-hydrogen) atoms. The SMILES string of the molecule is COc1ccc(COC(=O)c2ccc(N)cc2C)cc1Br. The lowest BCUT2D eigenvalue weighted by atomic mass is 10.1. The van der Waals surface area contributed by atoms with Gasteiger partial charge in [-0.25, -0.2) is 4.79 Å². The second kappa shape index (κ2) is 6.63. The Morgan fingerprint density at radius 2 is 2.00 bits per heavy atom. The molecule has 0 radical (unpaired) electrons. The summed E-state index contributed by atoms with van der Waals surface area (Å²) >= 11 is 3.40. The second-order valence-electron chi connectivity index (χ2n) is 4.62. The van der Waals surface area contributed by atoms with Gasteiger partial charge < -0.3 is 15.2 Å². The molecule has 2 aromatic carbocycles. The van der Waals surface area contributed by atoms with E-state index in [9.17, 15) is 4.79 Å². The van der Waals surface area contributed by atoms with Gasteiger partial charge in [0.05, 0.1) is 17.1 Å². The van der Waals surface area contributed by atoms with Gasteiger partial charge >= 0.3 is 5.97 Å². The first kappa shape index (κ1) is 15.4. The van der Waals surface area contributed by atoms with E-state index in [1.807, 2.05) is 25.1 Å². The van der Waals surface area contributed by atoms with Crippen LogP contribution >= 0.6 is 15.9 Å². The number of carbonyl (C=O) groups is 1. The largest absolute Gasteiger partial charge is 0.496 e. The van der Waals surface area contributed by atoms with E-state index in [1.54, 1.807) is 25.3 Å². The zero-order valence-corrected chi connectivity index (χ0v) is 13.4. The van der Waals surface area contributed by atoms with Crippen molar-refractivity contribution >= 4 is 27.6 Å². The molecule has 0 saturated carbocycles. The van der Waals surface area contributed by atoms with Crippen LogP contribution in [0.5, 0.6) is 5.75 Å². The third kappa shape index (κ3) is 3.76. The number of hydrogen-bond donors (Lipinski definition) is 1. The molecule has 2 N–H and O–H groups in total. The van der Waals surface area contributed by atoms with Gasteiger partial charge in [0.15, 0.2) is 0 Å². The van der Waals surface area contributed by atoms with Gasteiger partial charge in [0, 0.05) is 5.69 Å². The van der Waals surface area contributed by atoms with E-state index in [2.05, 4.69) is 15.9 Å². The fourth-order valence-corrected chi connectivity index (χ4v) is 2.53. The molecule has 0 saturated heterocycles. The Kier molecular flexibility index (Phi) is 4.85. The average molecular weight is 350 g/mol. The van der Waals surface area contributed by atoms with E-state index in [-0.39, 0.29) is 12.6 Å². The van der Waals surface area contributed by atoms with Crippen molar-refractivity contribution in [3.63, 3.8) is 0 Å². The molecule has 0 spiro atoms. The number of nitrogen functional groups attached to an aromatic ring is 1. The number of aryl methyl sites for hydroxylation is 1.